The highest BCUT2D eigenvalue weighted by Gasteiger charge is 2.25. The van der Waals surface area contributed by atoms with Crippen molar-refractivity contribution in [2.45, 2.75) is 0 Å². The van der Waals surface area contributed by atoms with Crippen LogP contribution < -0.4 is 0 Å². The number of para-hydroxylation sites is 9. The molecule has 0 aliphatic heterocycles. The summed E-state index contributed by atoms with van der Waals surface area (Å²) < 4.78 is 25.7. The average molecular weight is 1820 g/mol. The summed E-state index contributed by atoms with van der Waals surface area (Å²) in [5, 5.41) is 12.4. The predicted molar refractivity (Wildman–Crippen MR) is 575 cm³/mol. The van der Waals surface area contributed by atoms with E-state index < -0.39 is 0 Å². The molecule has 9 heterocycles. The first-order valence-corrected chi connectivity index (χ1v) is 47.3. The molecule has 15 nitrogen and oxygen atoms in total. The molecule has 0 unspecified atom stereocenters. The third-order valence-electron chi connectivity index (χ3n) is 26.4. The Balaban J connectivity index is 0.000000109. The minimum absolute atomic E-state index is 0.492. The van der Waals surface area contributed by atoms with Crippen LogP contribution in [0.3, 0.4) is 0 Å². The SMILES string of the molecule is c1ccc(-c2ccc(-c3nc(-c4ccc5c(c4)c4ccccc4n5-c4ccccc4)nc(-c4cc5ccccc5o4)n3)cc2)cc1.c1ccc(-c2cccc(-c3nc(-c4ccc5c(c4)c4ccccc4n5-c4ccccc4)nc(-c4cc5ccccc5o4)n3)c2)cc1.c1ccc(-n2c3ccccc3c3cc(-c4nc(-c5ccc(-c6cccc7ccccc67)cc5)nc(-c5cc6ccccc6o5)n4)ccc32)cc1. The summed E-state index contributed by atoms with van der Waals surface area (Å²) in [4.78, 5) is 45.1. The Bertz CT molecular complexity index is 9570. The van der Waals surface area contributed by atoms with Gasteiger partial charge < -0.3 is 27.0 Å². The van der Waals surface area contributed by atoms with Gasteiger partial charge in [0.25, 0.3) is 0 Å². The lowest BCUT2D eigenvalue weighted by molar-refractivity contribution is 0.624. The molecule has 0 bridgehead atoms. The molecular weight excluding hydrogens is 1740 g/mol. The van der Waals surface area contributed by atoms with Gasteiger partial charge in [0.1, 0.15) is 16.7 Å². The molecule has 0 aliphatic rings. The number of benzene rings is 19. The molecule has 0 radical (unpaired) electrons. The van der Waals surface area contributed by atoms with Crippen LogP contribution in [-0.4, -0.2) is 58.6 Å². The summed E-state index contributed by atoms with van der Waals surface area (Å²) in [5.74, 6) is 6.82. The number of rotatable bonds is 15. The Kier molecular flexibility index (Phi) is 20.9. The Labute approximate surface area is 814 Å². The molecular formula is C127H80N12O3. The third kappa shape index (κ3) is 15.6. The minimum atomic E-state index is 0.492. The van der Waals surface area contributed by atoms with Crippen molar-refractivity contribution >= 4 is 109 Å². The molecule has 0 saturated carbocycles. The maximum Gasteiger partial charge on any atom is 0.199 e. The number of hydrogen-bond donors (Lipinski definition) is 0. The molecule has 0 aliphatic carbocycles. The topological polar surface area (TPSA) is 170 Å². The molecule has 0 spiro atoms. The van der Waals surface area contributed by atoms with Crippen LogP contribution >= 0.6 is 0 Å². The average Bonchev–Trinajstić information content (AvgIpc) is 1.59. The van der Waals surface area contributed by atoms with E-state index in [-0.39, 0.29) is 0 Å². The van der Waals surface area contributed by atoms with Crippen molar-refractivity contribution in [3.8, 4) is 154 Å². The van der Waals surface area contributed by atoms with Crippen LogP contribution in [0.25, 0.3) is 263 Å². The number of hydrogen-bond acceptors (Lipinski definition) is 12. The minimum Gasteiger partial charge on any atom is -0.453 e. The van der Waals surface area contributed by atoms with E-state index in [0.717, 1.165) is 160 Å². The van der Waals surface area contributed by atoms with Gasteiger partial charge in [0.2, 0.25) is 0 Å². The molecule has 0 fully saturated rings. The molecule has 0 atom stereocenters. The number of nitrogens with zero attached hydrogens (tertiary/aromatic N) is 12. The van der Waals surface area contributed by atoms with Crippen molar-refractivity contribution < 1.29 is 13.3 Å². The Hall–Kier alpha value is -19.5. The fraction of sp³-hybridized carbons (Fsp3) is 0. The van der Waals surface area contributed by atoms with Crippen molar-refractivity contribution in [3.05, 3.63) is 485 Å². The summed E-state index contributed by atoms with van der Waals surface area (Å²) in [6, 6.07) is 167. The second-order valence-corrected chi connectivity index (χ2v) is 35.1. The predicted octanol–water partition coefficient (Wildman–Crippen LogP) is 32.3. The van der Waals surface area contributed by atoms with Gasteiger partial charge in [-0.05, 0) is 196 Å². The van der Waals surface area contributed by atoms with Gasteiger partial charge in [-0.2, -0.15) is 0 Å². The van der Waals surface area contributed by atoms with Crippen LogP contribution in [0.4, 0.5) is 0 Å². The fourth-order valence-corrected chi connectivity index (χ4v) is 19.6. The first-order valence-electron chi connectivity index (χ1n) is 47.3. The number of aromatic nitrogens is 12. The van der Waals surface area contributed by atoms with Crippen molar-refractivity contribution in [1.82, 2.24) is 58.6 Å². The summed E-state index contributed by atoms with van der Waals surface area (Å²) in [6.45, 7) is 0. The largest absolute Gasteiger partial charge is 0.453 e. The molecule has 0 N–H and O–H groups in total. The van der Waals surface area contributed by atoms with E-state index in [4.69, 9.17) is 58.1 Å². The lowest BCUT2D eigenvalue weighted by Gasteiger charge is -2.10. The van der Waals surface area contributed by atoms with E-state index >= 15 is 0 Å². The Morgan fingerprint density at radius 3 is 0.768 bits per heavy atom. The molecule has 0 saturated heterocycles. The van der Waals surface area contributed by atoms with Crippen molar-refractivity contribution in [1.29, 1.82) is 0 Å². The van der Waals surface area contributed by atoms with Gasteiger partial charge in [-0.25, -0.2) is 44.9 Å². The molecule has 666 valence electrons. The fourth-order valence-electron chi connectivity index (χ4n) is 19.6. The van der Waals surface area contributed by atoms with Gasteiger partial charge in [-0.3, -0.25) is 0 Å². The molecule has 142 heavy (non-hydrogen) atoms. The quantitative estimate of drug-likeness (QED) is 0.0953. The monoisotopic (exact) mass is 1820 g/mol. The molecule has 28 rings (SSSR count). The standard InChI is InChI=1S/C45H28N4O.2C41H26N4O/c1-2-14-34(15-3-1)49-39-19-8-7-17-37(39)38-27-33(25-26-40(38)49)44-46-43(47-45(48-44)42-28-32-12-5-9-20-41(32)50-42)31-23-21-30(22-24-31)36-18-10-13-29-11-4-6-16-35(29)36;1-3-12-27(13-4-1)28-15-11-16-30(24-28)39-42-40(44-41(43-39)38-26-29-14-7-10-21-37(29)46-38)31-22-23-36-34(25-31)33-19-8-9-20-35(33)45(36)32-17-5-2-6-18-32;1-3-11-27(12-4-1)28-19-21-29(22-20-28)39-42-40(44-41(43-39)38-26-30-13-7-10-18-37(30)46-38)31-23-24-36-34(25-31)33-16-8-9-17-35(33)45(36)32-14-5-2-6-15-32/h1-28H;2*1-26H. The highest BCUT2D eigenvalue weighted by Crippen LogP contribution is 2.43. The van der Waals surface area contributed by atoms with Crippen LogP contribution in [0.2, 0.25) is 0 Å². The normalized spacial score (nSPS) is 11.5. The van der Waals surface area contributed by atoms with E-state index in [1.54, 1.807) is 0 Å². The van der Waals surface area contributed by atoms with Gasteiger partial charge in [-0.1, -0.05) is 334 Å². The molecule has 0 amide bonds. The third-order valence-corrected chi connectivity index (χ3v) is 26.4. The van der Waals surface area contributed by atoms with Crippen LogP contribution in [0.15, 0.2) is 499 Å². The van der Waals surface area contributed by atoms with Gasteiger partial charge in [0.15, 0.2) is 69.7 Å². The second kappa shape index (κ2) is 35.6. The zero-order valence-corrected chi connectivity index (χ0v) is 76.3. The van der Waals surface area contributed by atoms with E-state index in [0.29, 0.717) is 69.7 Å². The lowest BCUT2D eigenvalue weighted by atomic mass is 9.97. The van der Waals surface area contributed by atoms with Crippen molar-refractivity contribution in [2.24, 2.45) is 0 Å². The van der Waals surface area contributed by atoms with Crippen molar-refractivity contribution in [3.63, 3.8) is 0 Å². The van der Waals surface area contributed by atoms with Gasteiger partial charge in [-0.15, -0.1) is 0 Å². The molecule has 9 aromatic heterocycles. The zero-order chi connectivity index (χ0) is 93.9. The summed E-state index contributed by atoms with van der Waals surface area (Å²) in [7, 11) is 0. The van der Waals surface area contributed by atoms with Crippen LogP contribution in [0, 0.1) is 0 Å². The van der Waals surface area contributed by atoms with Crippen LogP contribution in [0.5, 0.6) is 0 Å². The van der Waals surface area contributed by atoms with E-state index in [1.807, 2.05) is 146 Å². The highest BCUT2D eigenvalue weighted by atomic mass is 16.3. The van der Waals surface area contributed by atoms with Crippen LogP contribution in [-0.2, 0) is 0 Å². The molecule has 28 aromatic rings. The maximum atomic E-state index is 6.28. The van der Waals surface area contributed by atoms with E-state index in [1.165, 1.54) is 32.5 Å². The number of furan rings is 3. The van der Waals surface area contributed by atoms with Gasteiger partial charge >= 0.3 is 0 Å². The summed E-state index contributed by atoms with van der Waals surface area (Å²) in [5.41, 5.74) is 24.9. The molecule has 19 aromatic carbocycles. The van der Waals surface area contributed by atoms with Crippen molar-refractivity contribution in [2.75, 3.05) is 0 Å². The summed E-state index contributed by atoms with van der Waals surface area (Å²) in [6.07, 6.45) is 0. The molecule has 15 heteroatoms. The van der Waals surface area contributed by atoms with Gasteiger partial charge in [0.05, 0.1) is 33.1 Å². The first-order chi connectivity index (χ1) is 70.3. The Morgan fingerprint density at radius 2 is 0.387 bits per heavy atom. The lowest BCUT2D eigenvalue weighted by Crippen LogP contribution is -2.00. The maximum absolute atomic E-state index is 6.28. The van der Waals surface area contributed by atoms with E-state index in [2.05, 4.69) is 353 Å². The van der Waals surface area contributed by atoms with Gasteiger partial charge in [0, 0.05) is 98.9 Å². The van der Waals surface area contributed by atoms with E-state index in [9.17, 15) is 0 Å². The zero-order valence-electron chi connectivity index (χ0n) is 76.3. The highest BCUT2D eigenvalue weighted by molar-refractivity contribution is 6.13. The number of fused-ring (bicyclic) bond motifs is 13. The Morgan fingerprint density at radius 1 is 0.141 bits per heavy atom. The van der Waals surface area contributed by atoms with Crippen LogP contribution in [0.1, 0.15) is 0 Å². The first kappa shape index (κ1) is 83.1. The smallest absolute Gasteiger partial charge is 0.199 e. The second-order valence-electron chi connectivity index (χ2n) is 35.1. The summed E-state index contributed by atoms with van der Waals surface area (Å²) >= 11 is 0.